The van der Waals surface area contributed by atoms with E-state index in [9.17, 15) is 4.79 Å². The fourth-order valence-electron chi connectivity index (χ4n) is 3.17. The van der Waals surface area contributed by atoms with E-state index >= 15 is 0 Å². The monoisotopic (exact) mass is 284 g/mol. The number of nitrogens with two attached hydrogens (primary N) is 1. The van der Waals surface area contributed by atoms with E-state index in [1.54, 1.807) is 0 Å². The minimum absolute atomic E-state index is 0.0963. The van der Waals surface area contributed by atoms with Gasteiger partial charge in [-0.05, 0) is 38.3 Å². The Morgan fingerprint density at radius 3 is 2.33 bits per heavy atom. The summed E-state index contributed by atoms with van der Waals surface area (Å²) >= 11 is 0. The number of para-hydroxylation sites is 1. The summed E-state index contributed by atoms with van der Waals surface area (Å²) in [6.45, 7) is 12.1. The first kappa shape index (κ1) is 15.5. The van der Waals surface area contributed by atoms with Crippen LogP contribution in [0.25, 0.3) is 0 Å². The lowest BCUT2D eigenvalue weighted by Crippen LogP contribution is -2.54. The molecule has 0 radical (unpaired) electrons. The molecule has 0 bridgehead atoms. The van der Waals surface area contributed by atoms with Gasteiger partial charge in [-0.3, -0.25) is 4.79 Å². The summed E-state index contributed by atoms with van der Waals surface area (Å²) in [5, 5.41) is 0. The molecule has 2 N–H and O–H groups in total. The fourth-order valence-corrected chi connectivity index (χ4v) is 3.17. The Hall–Kier alpha value is -1.87. The van der Waals surface area contributed by atoms with Crippen molar-refractivity contribution in [3.8, 4) is 0 Å². The van der Waals surface area contributed by atoms with Gasteiger partial charge in [-0.2, -0.15) is 0 Å². The normalized spacial score (nSPS) is 16.7. The topological polar surface area (TPSA) is 46.3 Å². The van der Waals surface area contributed by atoms with Crippen molar-refractivity contribution in [2.24, 2.45) is 5.73 Å². The van der Waals surface area contributed by atoms with E-state index in [4.69, 9.17) is 5.73 Å². The lowest BCUT2D eigenvalue weighted by Gasteiger charge is -2.37. The number of benzene rings is 1. The molecule has 0 unspecified atom stereocenters. The van der Waals surface area contributed by atoms with Crippen LogP contribution in [0.3, 0.4) is 0 Å². The number of carbonyl (C=O) groups is 1. The molecule has 3 heteroatoms. The highest BCUT2D eigenvalue weighted by Crippen LogP contribution is 2.48. The molecule has 1 amide bonds. The zero-order chi connectivity index (χ0) is 15.7. The molecule has 1 aliphatic rings. The van der Waals surface area contributed by atoms with Gasteiger partial charge in [0.2, 0.25) is 5.91 Å². The van der Waals surface area contributed by atoms with E-state index in [1.807, 2.05) is 55.2 Å². The van der Waals surface area contributed by atoms with Gasteiger partial charge in [0.15, 0.2) is 0 Å². The summed E-state index contributed by atoms with van der Waals surface area (Å²) in [6.07, 6.45) is 4.84. The van der Waals surface area contributed by atoms with Gasteiger partial charge < -0.3 is 10.6 Å². The molecule has 1 aromatic carbocycles. The molecule has 21 heavy (non-hydrogen) atoms. The summed E-state index contributed by atoms with van der Waals surface area (Å²) in [5.41, 5.74) is 6.91. The van der Waals surface area contributed by atoms with Crippen LogP contribution in [-0.4, -0.2) is 18.0 Å². The lowest BCUT2D eigenvalue weighted by atomic mass is 9.76. The molecule has 0 fully saturated rings. The van der Waals surface area contributed by atoms with Crippen molar-refractivity contribution in [1.82, 2.24) is 0 Å². The highest BCUT2D eigenvalue weighted by molar-refractivity contribution is 6.09. The van der Waals surface area contributed by atoms with Crippen molar-refractivity contribution < 1.29 is 4.79 Å². The van der Waals surface area contributed by atoms with Gasteiger partial charge >= 0.3 is 0 Å². The van der Waals surface area contributed by atoms with Gasteiger partial charge in [0, 0.05) is 12.2 Å². The molecule has 0 saturated heterocycles. The number of carbonyl (C=O) groups excluding carboxylic acids is 1. The number of rotatable bonds is 6. The summed E-state index contributed by atoms with van der Waals surface area (Å²) in [4.78, 5) is 15.1. The lowest BCUT2D eigenvalue weighted by molar-refractivity contribution is -0.124. The van der Waals surface area contributed by atoms with Gasteiger partial charge in [-0.15, -0.1) is 13.2 Å². The molecule has 1 aliphatic heterocycles. The Labute approximate surface area is 127 Å². The maximum atomic E-state index is 13.2. The SMILES string of the molecule is C=CCC1(CC=C)C(=O)N(C(C)(C)CN)c2ccccc21. The molecule has 1 heterocycles. The summed E-state index contributed by atoms with van der Waals surface area (Å²) < 4.78 is 0. The zero-order valence-electron chi connectivity index (χ0n) is 12.9. The third kappa shape index (κ3) is 2.22. The number of hydrogen-bond donors (Lipinski definition) is 1. The van der Waals surface area contributed by atoms with Crippen LogP contribution in [0.2, 0.25) is 0 Å². The van der Waals surface area contributed by atoms with Gasteiger partial charge in [-0.1, -0.05) is 30.4 Å². The standard InChI is InChI=1S/C18H24N2O/c1-5-11-18(12-6-2)14-9-7-8-10-15(14)20(16(18)21)17(3,4)13-19/h5-10H,1-2,11-13,19H2,3-4H3. The Kier molecular flexibility index (Phi) is 4.06. The minimum atomic E-state index is -0.591. The molecular weight excluding hydrogens is 260 g/mol. The van der Waals surface area contributed by atoms with Crippen LogP contribution in [0.15, 0.2) is 49.6 Å². The van der Waals surface area contributed by atoms with Gasteiger partial charge in [0.05, 0.1) is 11.0 Å². The predicted molar refractivity (Wildman–Crippen MR) is 88.4 cm³/mol. The largest absolute Gasteiger partial charge is 0.328 e. The highest BCUT2D eigenvalue weighted by Gasteiger charge is 2.52. The Morgan fingerprint density at radius 2 is 1.81 bits per heavy atom. The second-order valence-electron chi connectivity index (χ2n) is 6.24. The maximum Gasteiger partial charge on any atom is 0.238 e. The third-order valence-electron chi connectivity index (χ3n) is 4.36. The van der Waals surface area contributed by atoms with Crippen LogP contribution in [0.1, 0.15) is 32.3 Å². The minimum Gasteiger partial charge on any atom is -0.328 e. The molecule has 0 saturated carbocycles. The van der Waals surface area contributed by atoms with E-state index in [1.165, 1.54) is 0 Å². The summed E-state index contributed by atoms with van der Waals surface area (Å²) in [7, 11) is 0. The first-order chi connectivity index (χ1) is 9.94. The predicted octanol–water partition coefficient (Wildman–Crippen LogP) is 3.16. The fraction of sp³-hybridized carbons (Fsp3) is 0.389. The third-order valence-corrected chi connectivity index (χ3v) is 4.36. The van der Waals surface area contributed by atoms with Gasteiger partial charge in [0.1, 0.15) is 0 Å². The van der Waals surface area contributed by atoms with Crippen LogP contribution < -0.4 is 10.6 Å². The maximum absolute atomic E-state index is 13.2. The second-order valence-corrected chi connectivity index (χ2v) is 6.24. The van der Waals surface area contributed by atoms with Crippen LogP contribution >= 0.6 is 0 Å². The number of amides is 1. The first-order valence-electron chi connectivity index (χ1n) is 7.30. The van der Waals surface area contributed by atoms with Crippen LogP contribution in [0, 0.1) is 0 Å². The smallest absolute Gasteiger partial charge is 0.238 e. The number of hydrogen-bond acceptors (Lipinski definition) is 2. The van der Waals surface area contributed by atoms with E-state index < -0.39 is 11.0 Å². The van der Waals surface area contributed by atoms with Crippen LogP contribution in [-0.2, 0) is 10.2 Å². The average molecular weight is 284 g/mol. The highest BCUT2D eigenvalue weighted by atomic mass is 16.2. The summed E-state index contributed by atoms with van der Waals surface area (Å²) in [5.74, 6) is 0.0963. The molecular formula is C18H24N2O. The molecule has 0 spiro atoms. The number of anilines is 1. The van der Waals surface area contributed by atoms with Crippen molar-refractivity contribution in [3.05, 3.63) is 55.1 Å². The average Bonchev–Trinajstić information content (AvgIpc) is 2.70. The zero-order valence-corrected chi connectivity index (χ0v) is 12.9. The number of nitrogens with zero attached hydrogens (tertiary/aromatic N) is 1. The Balaban J connectivity index is 2.68. The van der Waals surface area contributed by atoms with Gasteiger partial charge in [0.25, 0.3) is 0 Å². The van der Waals surface area contributed by atoms with Crippen molar-refractivity contribution in [2.45, 2.75) is 37.6 Å². The number of allylic oxidation sites excluding steroid dienone is 2. The molecule has 0 atom stereocenters. The Morgan fingerprint density at radius 1 is 1.24 bits per heavy atom. The summed E-state index contributed by atoms with van der Waals surface area (Å²) in [6, 6.07) is 7.97. The van der Waals surface area contributed by atoms with E-state index in [0.29, 0.717) is 19.4 Å². The van der Waals surface area contributed by atoms with E-state index in [0.717, 1.165) is 11.3 Å². The first-order valence-corrected chi connectivity index (χ1v) is 7.30. The van der Waals surface area contributed by atoms with Crippen LogP contribution in [0.4, 0.5) is 5.69 Å². The van der Waals surface area contributed by atoms with Crippen molar-refractivity contribution in [1.29, 1.82) is 0 Å². The molecule has 3 nitrogen and oxygen atoms in total. The van der Waals surface area contributed by atoms with E-state index in [-0.39, 0.29) is 5.91 Å². The van der Waals surface area contributed by atoms with Gasteiger partial charge in [-0.25, -0.2) is 0 Å². The molecule has 0 aliphatic carbocycles. The quantitative estimate of drug-likeness (QED) is 0.816. The second kappa shape index (κ2) is 5.49. The number of fused-ring (bicyclic) bond motifs is 1. The van der Waals surface area contributed by atoms with Crippen molar-refractivity contribution in [3.63, 3.8) is 0 Å². The Bertz CT molecular complexity index is 564. The molecule has 2 rings (SSSR count). The van der Waals surface area contributed by atoms with Crippen molar-refractivity contribution in [2.75, 3.05) is 11.4 Å². The molecule has 1 aromatic rings. The van der Waals surface area contributed by atoms with Crippen molar-refractivity contribution >= 4 is 11.6 Å². The molecule has 0 aromatic heterocycles. The van der Waals surface area contributed by atoms with Crippen LogP contribution in [0.5, 0.6) is 0 Å². The van der Waals surface area contributed by atoms with E-state index in [2.05, 4.69) is 13.2 Å². The molecule has 112 valence electrons.